The maximum atomic E-state index is 9.73. The molecule has 0 bridgehead atoms. The van der Waals surface area contributed by atoms with Crippen LogP contribution in [-0.4, -0.2) is 36.9 Å². The van der Waals surface area contributed by atoms with Gasteiger partial charge in [-0.1, -0.05) is 6.92 Å². The van der Waals surface area contributed by atoms with Gasteiger partial charge in [-0.2, -0.15) is 0 Å². The normalized spacial score (nSPS) is 18.3. The van der Waals surface area contributed by atoms with Gasteiger partial charge in [-0.3, -0.25) is 4.98 Å². The Morgan fingerprint density at radius 3 is 2.74 bits per heavy atom. The Kier molecular flexibility index (Phi) is 5.16. The molecule has 0 unspecified atom stereocenters. The van der Waals surface area contributed by atoms with Crippen LogP contribution in [0.4, 0.5) is 5.69 Å². The zero-order valence-electron chi connectivity index (χ0n) is 11.9. The van der Waals surface area contributed by atoms with Crippen molar-refractivity contribution in [3.63, 3.8) is 0 Å². The van der Waals surface area contributed by atoms with Crippen molar-refractivity contribution in [3.8, 4) is 0 Å². The van der Waals surface area contributed by atoms with E-state index in [0.29, 0.717) is 12.3 Å². The summed E-state index contributed by atoms with van der Waals surface area (Å²) in [5, 5.41) is 9.73. The van der Waals surface area contributed by atoms with Gasteiger partial charge in [0, 0.05) is 26.8 Å². The first-order chi connectivity index (χ1) is 9.20. The zero-order valence-corrected chi connectivity index (χ0v) is 11.9. The monoisotopic (exact) mass is 264 g/mol. The predicted octanol–water partition coefficient (Wildman–Crippen LogP) is 2.39. The Balaban J connectivity index is 1.93. The van der Waals surface area contributed by atoms with Crippen LogP contribution in [0, 0.1) is 5.92 Å². The van der Waals surface area contributed by atoms with Gasteiger partial charge in [0.05, 0.1) is 23.7 Å². The highest BCUT2D eigenvalue weighted by Crippen LogP contribution is 2.21. The molecule has 19 heavy (non-hydrogen) atoms. The summed E-state index contributed by atoms with van der Waals surface area (Å²) in [5.41, 5.74) is 1.87. The van der Waals surface area contributed by atoms with Crippen LogP contribution >= 0.6 is 0 Å². The summed E-state index contributed by atoms with van der Waals surface area (Å²) in [6.45, 7) is 4.77. The quantitative estimate of drug-likeness (QED) is 0.887. The second-order valence-corrected chi connectivity index (χ2v) is 5.30. The molecule has 4 heteroatoms. The molecule has 2 heterocycles. The molecular weight excluding hydrogens is 240 g/mol. The number of pyridine rings is 1. The van der Waals surface area contributed by atoms with Crippen molar-refractivity contribution in [1.82, 2.24) is 4.98 Å². The minimum absolute atomic E-state index is 0.449. The third kappa shape index (κ3) is 3.91. The van der Waals surface area contributed by atoms with Crippen molar-refractivity contribution in [3.05, 3.63) is 24.0 Å². The SMILES string of the molecule is CC[C@@H](O)c1ccc(N(C)CC2CCOCC2)cn1. The minimum atomic E-state index is -0.449. The van der Waals surface area contributed by atoms with Gasteiger partial charge in [-0.15, -0.1) is 0 Å². The second-order valence-electron chi connectivity index (χ2n) is 5.30. The molecule has 0 amide bonds. The summed E-state index contributed by atoms with van der Waals surface area (Å²) in [4.78, 5) is 6.59. The molecule has 1 N–H and O–H groups in total. The van der Waals surface area contributed by atoms with Gasteiger partial charge in [0.2, 0.25) is 0 Å². The highest BCUT2D eigenvalue weighted by atomic mass is 16.5. The predicted molar refractivity (Wildman–Crippen MR) is 76.3 cm³/mol. The minimum Gasteiger partial charge on any atom is -0.387 e. The molecule has 1 aromatic rings. The average molecular weight is 264 g/mol. The smallest absolute Gasteiger partial charge is 0.0957 e. The van der Waals surface area contributed by atoms with Crippen molar-refractivity contribution in [2.24, 2.45) is 5.92 Å². The maximum absolute atomic E-state index is 9.73. The number of hydrogen-bond donors (Lipinski definition) is 1. The van der Waals surface area contributed by atoms with Crippen LogP contribution in [0.3, 0.4) is 0 Å². The van der Waals surface area contributed by atoms with E-state index in [-0.39, 0.29) is 0 Å². The van der Waals surface area contributed by atoms with Crippen LogP contribution < -0.4 is 4.90 Å². The lowest BCUT2D eigenvalue weighted by Crippen LogP contribution is -2.29. The van der Waals surface area contributed by atoms with Crippen molar-refractivity contribution < 1.29 is 9.84 Å². The van der Waals surface area contributed by atoms with E-state index in [4.69, 9.17) is 4.74 Å². The lowest BCUT2D eigenvalue weighted by atomic mass is 10.00. The summed E-state index contributed by atoms with van der Waals surface area (Å²) in [6.07, 6.45) is 4.39. The van der Waals surface area contributed by atoms with Gasteiger partial charge in [0.25, 0.3) is 0 Å². The van der Waals surface area contributed by atoms with Crippen LogP contribution in [0.2, 0.25) is 0 Å². The van der Waals surface area contributed by atoms with Crippen LogP contribution in [-0.2, 0) is 4.74 Å². The van der Waals surface area contributed by atoms with E-state index in [0.717, 1.165) is 44.0 Å². The maximum Gasteiger partial charge on any atom is 0.0957 e. The van der Waals surface area contributed by atoms with Crippen LogP contribution in [0.5, 0.6) is 0 Å². The van der Waals surface area contributed by atoms with Crippen LogP contribution in [0.1, 0.15) is 38.0 Å². The summed E-state index contributed by atoms with van der Waals surface area (Å²) >= 11 is 0. The van der Waals surface area contributed by atoms with Gasteiger partial charge in [0.15, 0.2) is 0 Å². The number of anilines is 1. The van der Waals surface area contributed by atoms with Gasteiger partial charge < -0.3 is 14.7 Å². The highest BCUT2D eigenvalue weighted by molar-refractivity contribution is 5.43. The van der Waals surface area contributed by atoms with Crippen LogP contribution in [0.15, 0.2) is 18.3 Å². The van der Waals surface area contributed by atoms with E-state index in [1.165, 1.54) is 0 Å². The number of aliphatic hydroxyl groups is 1. The van der Waals surface area contributed by atoms with Gasteiger partial charge in [-0.05, 0) is 37.3 Å². The van der Waals surface area contributed by atoms with Crippen molar-refractivity contribution in [2.45, 2.75) is 32.3 Å². The number of ether oxygens (including phenoxy) is 1. The number of aromatic nitrogens is 1. The lowest BCUT2D eigenvalue weighted by Gasteiger charge is -2.28. The van der Waals surface area contributed by atoms with Gasteiger partial charge >= 0.3 is 0 Å². The standard InChI is InChI=1S/C15H24N2O2/c1-3-15(18)14-5-4-13(10-16-14)17(2)11-12-6-8-19-9-7-12/h4-5,10,12,15,18H,3,6-9,11H2,1-2H3/t15-/m1/s1. The number of hydrogen-bond acceptors (Lipinski definition) is 4. The molecule has 0 radical (unpaired) electrons. The molecule has 1 aliphatic rings. The lowest BCUT2D eigenvalue weighted by molar-refractivity contribution is 0.0685. The summed E-state index contributed by atoms with van der Waals surface area (Å²) in [7, 11) is 2.10. The number of rotatable bonds is 5. The summed E-state index contributed by atoms with van der Waals surface area (Å²) in [6, 6.07) is 3.96. The van der Waals surface area contributed by atoms with E-state index in [2.05, 4.69) is 16.9 Å². The first kappa shape index (κ1) is 14.3. The number of aliphatic hydroxyl groups excluding tert-OH is 1. The fourth-order valence-corrected chi connectivity index (χ4v) is 2.45. The van der Waals surface area contributed by atoms with Crippen LogP contribution in [0.25, 0.3) is 0 Å². The third-order valence-electron chi connectivity index (χ3n) is 3.81. The van der Waals surface area contributed by atoms with E-state index in [9.17, 15) is 5.11 Å². The largest absolute Gasteiger partial charge is 0.387 e. The molecule has 1 aliphatic heterocycles. The Labute approximate surface area is 115 Å². The third-order valence-corrected chi connectivity index (χ3v) is 3.81. The molecule has 0 aliphatic carbocycles. The van der Waals surface area contributed by atoms with E-state index >= 15 is 0 Å². The molecule has 0 spiro atoms. The fraction of sp³-hybridized carbons (Fsp3) is 0.667. The van der Waals surface area contributed by atoms with E-state index in [1.54, 1.807) is 0 Å². The molecule has 2 rings (SSSR count). The molecule has 106 valence electrons. The molecule has 4 nitrogen and oxygen atoms in total. The average Bonchev–Trinajstić information content (AvgIpc) is 2.47. The molecule has 1 atom stereocenters. The molecule has 0 aromatic carbocycles. The van der Waals surface area contributed by atoms with E-state index < -0.39 is 6.10 Å². The topological polar surface area (TPSA) is 45.6 Å². The fourth-order valence-electron chi connectivity index (χ4n) is 2.45. The number of nitrogens with zero attached hydrogens (tertiary/aromatic N) is 2. The van der Waals surface area contributed by atoms with E-state index in [1.807, 2.05) is 25.3 Å². The Morgan fingerprint density at radius 2 is 2.16 bits per heavy atom. The van der Waals surface area contributed by atoms with Crippen molar-refractivity contribution in [1.29, 1.82) is 0 Å². The zero-order chi connectivity index (χ0) is 13.7. The van der Waals surface area contributed by atoms with Crippen molar-refractivity contribution in [2.75, 3.05) is 31.7 Å². The Hall–Kier alpha value is -1.13. The Morgan fingerprint density at radius 1 is 1.42 bits per heavy atom. The summed E-state index contributed by atoms with van der Waals surface area (Å²) < 4.78 is 5.38. The van der Waals surface area contributed by atoms with Gasteiger partial charge in [0.1, 0.15) is 0 Å². The molecule has 1 saturated heterocycles. The molecule has 1 fully saturated rings. The highest BCUT2D eigenvalue weighted by Gasteiger charge is 2.16. The van der Waals surface area contributed by atoms with Crippen molar-refractivity contribution >= 4 is 5.69 Å². The molecular formula is C15H24N2O2. The summed E-state index contributed by atoms with van der Waals surface area (Å²) in [5.74, 6) is 0.708. The first-order valence-electron chi connectivity index (χ1n) is 7.13. The second kappa shape index (κ2) is 6.87. The molecule has 0 saturated carbocycles. The molecule has 1 aromatic heterocycles. The Bertz CT molecular complexity index is 374. The first-order valence-corrected chi connectivity index (χ1v) is 7.13. The van der Waals surface area contributed by atoms with Gasteiger partial charge in [-0.25, -0.2) is 0 Å².